The molecule has 0 aliphatic carbocycles. The molecular formula is C34H31NS. The van der Waals surface area contributed by atoms with Crippen LogP contribution in [0.25, 0.3) is 21.8 Å². The van der Waals surface area contributed by atoms with E-state index in [4.69, 9.17) is 0 Å². The van der Waals surface area contributed by atoms with Gasteiger partial charge < -0.3 is 4.98 Å². The van der Waals surface area contributed by atoms with Crippen LogP contribution in [0.1, 0.15) is 26.3 Å². The van der Waals surface area contributed by atoms with Gasteiger partial charge in [0, 0.05) is 41.4 Å². The van der Waals surface area contributed by atoms with E-state index in [0.717, 1.165) is 0 Å². The molecule has 0 amide bonds. The van der Waals surface area contributed by atoms with Crippen LogP contribution in [0.3, 0.4) is 0 Å². The van der Waals surface area contributed by atoms with E-state index in [9.17, 15) is 0 Å². The normalized spacial score (nSPS) is 12.8. The van der Waals surface area contributed by atoms with Gasteiger partial charge in [-0.15, -0.1) is 10.0 Å². The highest BCUT2D eigenvalue weighted by Gasteiger charge is 2.33. The first-order valence-corrected chi connectivity index (χ1v) is 14.2. The van der Waals surface area contributed by atoms with Crippen LogP contribution in [0.15, 0.2) is 147 Å². The summed E-state index contributed by atoms with van der Waals surface area (Å²) in [5.41, 5.74) is 3.83. The molecule has 36 heavy (non-hydrogen) atoms. The molecule has 0 radical (unpaired) electrons. The van der Waals surface area contributed by atoms with Gasteiger partial charge in [0.05, 0.1) is 0 Å². The Balaban J connectivity index is 1.72. The van der Waals surface area contributed by atoms with Crippen LogP contribution in [0.2, 0.25) is 0 Å². The van der Waals surface area contributed by atoms with Crippen LogP contribution in [0.4, 0.5) is 0 Å². The first-order valence-electron chi connectivity index (χ1n) is 12.5. The highest BCUT2D eigenvalue weighted by Crippen LogP contribution is 2.73. The minimum atomic E-state index is -1.70. The fourth-order valence-electron chi connectivity index (χ4n) is 5.22. The van der Waals surface area contributed by atoms with Crippen molar-refractivity contribution < 1.29 is 0 Å². The molecule has 0 bridgehead atoms. The van der Waals surface area contributed by atoms with Crippen LogP contribution in [-0.4, -0.2) is 4.98 Å². The molecule has 0 spiro atoms. The van der Waals surface area contributed by atoms with E-state index in [1.54, 1.807) is 0 Å². The third-order valence-electron chi connectivity index (χ3n) is 7.08. The average Bonchev–Trinajstić information content (AvgIpc) is 3.28. The van der Waals surface area contributed by atoms with E-state index < -0.39 is 10.0 Å². The summed E-state index contributed by atoms with van der Waals surface area (Å²) in [5.74, 6) is 0. The molecule has 0 saturated heterocycles. The standard InChI is InChI=1S/C34H31NS/c1-34(2,3)25-19-21-32-30(23-25)31-24-29(20-22-33(31)35-32)36(26-13-7-4-8-14-26,27-15-9-5-10-16-27)28-17-11-6-12-18-28/h4-24,35H,1-3H3. The lowest BCUT2D eigenvalue weighted by atomic mass is 9.86. The fraction of sp³-hybridized carbons (Fsp3) is 0.118. The molecule has 6 aromatic rings. The van der Waals surface area contributed by atoms with Gasteiger partial charge in [-0.05, 0) is 77.7 Å². The van der Waals surface area contributed by atoms with Crippen LogP contribution in [0.5, 0.6) is 0 Å². The van der Waals surface area contributed by atoms with Crippen LogP contribution >= 0.6 is 10.0 Å². The second kappa shape index (κ2) is 8.72. The molecule has 0 unspecified atom stereocenters. The topological polar surface area (TPSA) is 15.8 Å². The number of hydrogen-bond donors (Lipinski definition) is 1. The zero-order chi connectivity index (χ0) is 24.8. The second-order valence-electron chi connectivity index (χ2n) is 10.4. The minimum absolute atomic E-state index is 0.0997. The summed E-state index contributed by atoms with van der Waals surface area (Å²) < 4.78 is 0. The molecule has 6 rings (SSSR count). The number of benzene rings is 5. The van der Waals surface area contributed by atoms with E-state index in [0.29, 0.717) is 0 Å². The number of aromatic nitrogens is 1. The Bertz CT molecular complexity index is 1550. The van der Waals surface area contributed by atoms with Gasteiger partial charge >= 0.3 is 0 Å². The Morgan fingerprint density at radius 2 is 0.917 bits per heavy atom. The zero-order valence-corrected chi connectivity index (χ0v) is 21.8. The molecule has 5 aromatic carbocycles. The predicted octanol–water partition coefficient (Wildman–Crippen LogP) is 9.96. The number of rotatable bonds is 4. The van der Waals surface area contributed by atoms with E-state index in [1.165, 1.54) is 47.0 Å². The second-order valence-corrected chi connectivity index (χ2v) is 13.5. The lowest BCUT2D eigenvalue weighted by molar-refractivity contribution is 0.591. The highest BCUT2D eigenvalue weighted by molar-refractivity contribution is 8.34. The summed E-state index contributed by atoms with van der Waals surface area (Å²) in [5, 5.41) is 2.58. The molecule has 0 aliphatic rings. The molecular weight excluding hydrogens is 454 g/mol. The smallest absolute Gasteiger partial charge is 0.0465 e. The van der Waals surface area contributed by atoms with Gasteiger partial charge in [-0.25, -0.2) is 0 Å². The third kappa shape index (κ3) is 3.65. The van der Waals surface area contributed by atoms with Crippen LogP contribution < -0.4 is 0 Å². The van der Waals surface area contributed by atoms with E-state index in [-0.39, 0.29) is 5.41 Å². The van der Waals surface area contributed by atoms with Crippen LogP contribution in [-0.2, 0) is 5.41 Å². The van der Waals surface area contributed by atoms with E-state index >= 15 is 0 Å². The van der Waals surface area contributed by atoms with Gasteiger partial charge in [0.15, 0.2) is 0 Å². The van der Waals surface area contributed by atoms with Crippen LogP contribution in [0, 0.1) is 0 Å². The molecule has 2 heteroatoms. The van der Waals surface area contributed by atoms with E-state index in [1.807, 2.05) is 0 Å². The molecule has 0 atom stereocenters. The maximum atomic E-state index is 3.66. The first kappa shape index (κ1) is 22.7. The van der Waals surface area contributed by atoms with Crippen molar-refractivity contribution >= 4 is 31.8 Å². The summed E-state index contributed by atoms with van der Waals surface area (Å²) in [6.07, 6.45) is 0. The SMILES string of the molecule is CC(C)(C)c1ccc2[nH]c3ccc(S(c4ccccc4)(c4ccccc4)c4ccccc4)cc3c2c1. The summed E-state index contributed by atoms with van der Waals surface area (Å²) in [6, 6.07) is 47.1. The van der Waals surface area contributed by atoms with Gasteiger partial charge in [0.2, 0.25) is 0 Å². The summed E-state index contributed by atoms with van der Waals surface area (Å²) >= 11 is 0. The minimum Gasteiger partial charge on any atom is -0.355 e. The molecule has 0 fully saturated rings. The van der Waals surface area contributed by atoms with Crippen molar-refractivity contribution in [2.45, 2.75) is 45.8 Å². The number of aromatic amines is 1. The fourth-order valence-corrected chi connectivity index (χ4v) is 9.12. The van der Waals surface area contributed by atoms with Gasteiger partial charge in [-0.3, -0.25) is 0 Å². The Kier molecular flexibility index (Phi) is 5.50. The predicted molar refractivity (Wildman–Crippen MR) is 154 cm³/mol. The quantitative estimate of drug-likeness (QED) is 0.256. The zero-order valence-electron chi connectivity index (χ0n) is 21.0. The lowest BCUT2D eigenvalue weighted by Crippen LogP contribution is -2.10. The van der Waals surface area contributed by atoms with Gasteiger partial charge in [0.1, 0.15) is 0 Å². The third-order valence-corrected chi connectivity index (χ3v) is 11.0. The summed E-state index contributed by atoms with van der Waals surface area (Å²) in [4.78, 5) is 9.04. The van der Waals surface area contributed by atoms with Gasteiger partial charge in [-0.2, -0.15) is 0 Å². The van der Waals surface area contributed by atoms with Gasteiger partial charge in [-0.1, -0.05) is 81.4 Å². The lowest BCUT2D eigenvalue weighted by Gasteiger charge is -2.42. The number of fused-ring (bicyclic) bond motifs is 3. The van der Waals surface area contributed by atoms with E-state index in [2.05, 4.69) is 153 Å². The Morgan fingerprint density at radius 3 is 1.39 bits per heavy atom. The number of hydrogen-bond acceptors (Lipinski definition) is 0. The summed E-state index contributed by atoms with van der Waals surface area (Å²) in [7, 11) is -1.70. The average molecular weight is 486 g/mol. The summed E-state index contributed by atoms with van der Waals surface area (Å²) in [6.45, 7) is 6.84. The maximum absolute atomic E-state index is 3.66. The number of nitrogens with one attached hydrogen (secondary N) is 1. The molecule has 1 N–H and O–H groups in total. The Labute approximate surface area is 215 Å². The van der Waals surface area contributed by atoms with Crippen molar-refractivity contribution in [2.24, 2.45) is 0 Å². The van der Waals surface area contributed by atoms with Crippen molar-refractivity contribution in [3.8, 4) is 0 Å². The van der Waals surface area contributed by atoms with Crippen molar-refractivity contribution in [3.63, 3.8) is 0 Å². The number of H-pyrrole nitrogens is 1. The van der Waals surface area contributed by atoms with Crippen molar-refractivity contribution in [1.29, 1.82) is 0 Å². The van der Waals surface area contributed by atoms with Gasteiger partial charge in [0.25, 0.3) is 0 Å². The highest BCUT2D eigenvalue weighted by atomic mass is 32.3. The molecule has 178 valence electrons. The molecule has 1 nitrogen and oxygen atoms in total. The van der Waals surface area contributed by atoms with Crippen molar-refractivity contribution in [3.05, 3.63) is 133 Å². The molecule has 0 saturated carbocycles. The Morgan fingerprint density at radius 1 is 0.472 bits per heavy atom. The maximum Gasteiger partial charge on any atom is 0.0465 e. The largest absolute Gasteiger partial charge is 0.355 e. The van der Waals surface area contributed by atoms with Crippen molar-refractivity contribution in [1.82, 2.24) is 4.98 Å². The molecule has 0 aliphatic heterocycles. The first-order chi connectivity index (χ1) is 17.5. The van der Waals surface area contributed by atoms with Crippen molar-refractivity contribution in [2.75, 3.05) is 0 Å². The molecule has 1 aromatic heterocycles. The molecule has 1 heterocycles. The Hall–Kier alpha value is -3.75. The monoisotopic (exact) mass is 485 g/mol.